The first-order chi connectivity index (χ1) is 21.7. The summed E-state index contributed by atoms with van der Waals surface area (Å²) in [6.07, 6.45) is 1.56. The van der Waals surface area contributed by atoms with Gasteiger partial charge in [-0.25, -0.2) is 9.78 Å². The number of carbonyl (C=O) groups is 3. The maximum Gasteiger partial charge on any atom is 0.332 e. The number of amides is 4. The molecule has 2 atom stereocenters. The molecular formula is C33H35N7O4S. The Hall–Kier alpha value is -4.94. The summed E-state index contributed by atoms with van der Waals surface area (Å²) in [6.45, 7) is 4.62. The van der Waals surface area contributed by atoms with E-state index >= 15 is 0 Å². The molecule has 2 aliphatic rings. The molecule has 0 radical (unpaired) electrons. The molecule has 1 aromatic heterocycles. The number of fused-ring (bicyclic) bond motifs is 2. The number of piperazine rings is 1. The number of nitrogens with two attached hydrogens (primary N) is 1. The van der Waals surface area contributed by atoms with E-state index in [1.54, 1.807) is 35.0 Å². The predicted molar refractivity (Wildman–Crippen MR) is 174 cm³/mol. The molecule has 11 nitrogen and oxygen atoms in total. The van der Waals surface area contributed by atoms with Crippen LogP contribution < -0.4 is 15.8 Å². The number of carbonyl (C=O) groups excluding carboxylic acids is 3. The number of methoxy groups -OCH3 is 1. The number of hydrogen-bond donors (Lipinski definition) is 2. The zero-order valence-electron chi connectivity index (χ0n) is 25.2. The fourth-order valence-corrected chi connectivity index (χ4v) is 6.75. The minimum absolute atomic E-state index is 0.0254. The largest absolute Gasteiger partial charge is 0.497 e. The number of hydrogen-bond acceptors (Lipinski definition) is 8. The number of hydrazine groups is 1. The summed E-state index contributed by atoms with van der Waals surface area (Å²) in [5.74, 6) is 0.376. The molecule has 232 valence electrons. The van der Waals surface area contributed by atoms with E-state index in [1.807, 2.05) is 66.7 Å². The quantitative estimate of drug-likeness (QED) is 0.291. The Kier molecular flexibility index (Phi) is 8.42. The summed E-state index contributed by atoms with van der Waals surface area (Å²) in [4.78, 5) is 49.0. The van der Waals surface area contributed by atoms with Crippen LogP contribution in [-0.4, -0.2) is 82.1 Å². The van der Waals surface area contributed by atoms with Gasteiger partial charge < -0.3 is 25.6 Å². The number of nitrogens with one attached hydrogen (secondary N) is 1. The van der Waals surface area contributed by atoms with E-state index in [0.29, 0.717) is 24.6 Å². The molecule has 0 aliphatic carbocycles. The Bertz CT molecular complexity index is 1740. The topological polar surface area (TPSA) is 124 Å². The van der Waals surface area contributed by atoms with Gasteiger partial charge in [-0.15, -0.1) is 0 Å². The fourth-order valence-electron chi connectivity index (χ4n) is 5.97. The minimum atomic E-state index is -0.744. The highest BCUT2D eigenvalue weighted by atomic mass is 32.1. The van der Waals surface area contributed by atoms with E-state index in [1.165, 1.54) is 16.3 Å². The lowest BCUT2D eigenvalue weighted by Gasteiger charge is -2.45. The molecule has 2 fully saturated rings. The number of rotatable bonds is 9. The third kappa shape index (κ3) is 6.06. The van der Waals surface area contributed by atoms with Crippen LogP contribution in [0.25, 0.3) is 16.3 Å². The molecule has 0 spiro atoms. The molecule has 3 heterocycles. The van der Waals surface area contributed by atoms with Gasteiger partial charge in [-0.1, -0.05) is 72.5 Å². The van der Waals surface area contributed by atoms with Crippen LogP contribution in [0.1, 0.15) is 22.3 Å². The molecule has 4 amide bonds. The number of thiazole rings is 1. The zero-order valence-corrected chi connectivity index (χ0v) is 26.0. The Morgan fingerprint density at radius 3 is 2.58 bits per heavy atom. The molecule has 4 aromatic rings. The van der Waals surface area contributed by atoms with Crippen LogP contribution in [0.3, 0.4) is 0 Å². The zero-order chi connectivity index (χ0) is 31.7. The molecule has 0 saturated carbocycles. The van der Waals surface area contributed by atoms with E-state index in [-0.39, 0.29) is 30.9 Å². The Balaban J connectivity index is 1.26. The van der Waals surface area contributed by atoms with Gasteiger partial charge in [-0.2, -0.15) is 5.01 Å². The van der Waals surface area contributed by atoms with Crippen LogP contribution in [0.15, 0.2) is 73.3 Å². The number of benzene rings is 3. The van der Waals surface area contributed by atoms with E-state index in [0.717, 1.165) is 38.2 Å². The molecule has 2 saturated heterocycles. The highest BCUT2D eigenvalue weighted by Gasteiger charge is 2.51. The average molecular weight is 626 g/mol. The summed E-state index contributed by atoms with van der Waals surface area (Å²) in [5, 5.41) is 6.58. The van der Waals surface area contributed by atoms with Crippen LogP contribution in [0.2, 0.25) is 0 Å². The van der Waals surface area contributed by atoms with Crippen molar-refractivity contribution in [2.24, 2.45) is 0 Å². The molecule has 45 heavy (non-hydrogen) atoms. The summed E-state index contributed by atoms with van der Waals surface area (Å²) in [5.41, 5.74) is 10.4. The first-order valence-electron chi connectivity index (χ1n) is 14.6. The third-order valence-electron chi connectivity index (χ3n) is 8.37. The van der Waals surface area contributed by atoms with Crippen molar-refractivity contribution in [1.29, 1.82) is 0 Å². The summed E-state index contributed by atoms with van der Waals surface area (Å²) < 4.78 is 6.16. The van der Waals surface area contributed by atoms with Gasteiger partial charge >= 0.3 is 6.03 Å². The standard InChI is InChI=1S/C33H35N7O4S/c1-4-21-8-10-22(11-9-21)16-26-31(42)38(18-24-6-5-7-27-30(24)36-32(34)45-27)19-28-39(20-29(41)40(26)28)37(2)33(43)35-17-23-12-14-25(44-3)15-13-23/h4-15,26,28H,1,16-20H2,2-3H3,(H2,34,36)(H,35,43)/t26-,28+/m0/s1. The van der Waals surface area contributed by atoms with E-state index in [2.05, 4.69) is 16.9 Å². The van der Waals surface area contributed by atoms with Gasteiger partial charge in [0.25, 0.3) is 0 Å². The normalized spacial score (nSPS) is 18.3. The van der Waals surface area contributed by atoms with Crippen molar-refractivity contribution in [1.82, 2.24) is 30.1 Å². The van der Waals surface area contributed by atoms with Gasteiger partial charge in [-0.3, -0.25) is 14.6 Å². The summed E-state index contributed by atoms with van der Waals surface area (Å²) in [6, 6.07) is 20.0. The minimum Gasteiger partial charge on any atom is -0.497 e. The lowest BCUT2D eigenvalue weighted by atomic mass is 9.99. The van der Waals surface area contributed by atoms with Gasteiger partial charge in [-0.05, 0) is 40.5 Å². The van der Waals surface area contributed by atoms with Crippen molar-refractivity contribution < 1.29 is 19.1 Å². The Morgan fingerprint density at radius 1 is 1.13 bits per heavy atom. The predicted octanol–water partition coefficient (Wildman–Crippen LogP) is 3.71. The SMILES string of the molecule is C=Cc1ccc(C[C@H]2C(=O)N(Cc3cccc4sc(N)nc34)C[C@H]3N2C(=O)CN3N(C)C(=O)NCc2ccc(OC)cc2)cc1. The number of nitrogen functional groups attached to an aromatic ring is 1. The second-order valence-corrected chi connectivity index (χ2v) is 12.2. The van der Waals surface area contributed by atoms with Crippen molar-refractivity contribution >= 4 is 50.6 Å². The third-order valence-corrected chi connectivity index (χ3v) is 9.22. The molecule has 2 aliphatic heterocycles. The smallest absolute Gasteiger partial charge is 0.332 e. The number of aromatic nitrogens is 1. The van der Waals surface area contributed by atoms with Crippen molar-refractivity contribution in [3.8, 4) is 5.75 Å². The second kappa shape index (κ2) is 12.6. The maximum atomic E-state index is 14.2. The number of para-hydroxylation sites is 1. The Morgan fingerprint density at radius 2 is 1.87 bits per heavy atom. The molecular weight excluding hydrogens is 590 g/mol. The second-order valence-electron chi connectivity index (χ2n) is 11.1. The van der Waals surface area contributed by atoms with Gasteiger partial charge in [0.2, 0.25) is 11.8 Å². The molecule has 12 heteroatoms. The maximum absolute atomic E-state index is 14.2. The highest BCUT2D eigenvalue weighted by Crippen LogP contribution is 2.32. The van der Waals surface area contributed by atoms with Crippen molar-refractivity contribution in [2.45, 2.75) is 31.7 Å². The summed E-state index contributed by atoms with van der Waals surface area (Å²) in [7, 11) is 3.24. The van der Waals surface area contributed by atoms with E-state index in [9.17, 15) is 14.4 Å². The van der Waals surface area contributed by atoms with Crippen molar-refractivity contribution in [3.05, 3.63) is 95.6 Å². The van der Waals surface area contributed by atoms with Gasteiger partial charge in [0.15, 0.2) is 5.13 Å². The van der Waals surface area contributed by atoms with Crippen molar-refractivity contribution in [2.75, 3.05) is 33.0 Å². The van der Waals surface area contributed by atoms with Crippen LogP contribution in [0, 0.1) is 0 Å². The molecule has 3 aromatic carbocycles. The van der Waals surface area contributed by atoms with Crippen LogP contribution in [0.4, 0.5) is 9.93 Å². The van der Waals surface area contributed by atoms with Crippen LogP contribution in [-0.2, 0) is 29.1 Å². The van der Waals surface area contributed by atoms with Crippen molar-refractivity contribution in [3.63, 3.8) is 0 Å². The number of urea groups is 1. The average Bonchev–Trinajstić information content (AvgIpc) is 3.60. The lowest BCUT2D eigenvalue weighted by molar-refractivity contribution is -0.157. The Labute approximate surface area is 265 Å². The molecule has 0 unspecified atom stereocenters. The highest BCUT2D eigenvalue weighted by molar-refractivity contribution is 7.22. The van der Waals surface area contributed by atoms with Gasteiger partial charge in [0, 0.05) is 26.6 Å². The summed E-state index contributed by atoms with van der Waals surface area (Å²) >= 11 is 1.40. The van der Waals surface area contributed by atoms with Crippen LogP contribution >= 0.6 is 11.3 Å². The molecule has 3 N–H and O–H groups in total. The van der Waals surface area contributed by atoms with Gasteiger partial charge in [0.1, 0.15) is 18.0 Å². The first-order valence-corrected chi connectivity index (χ1v) is 15.4. The van der Waals surface area contributed by atoms with Crippen LogP contribution in [0.5, 0.6) is 5.75 Å². The fraction of sp³-hybridized carbons (Fsp3) is 0.273. The number of nitrogens with zero attached hydrogens (tertiary/aromatic N) is 5. The number of anilines is 1. The number of ether oxygens (including phenoxy) is 1. The first kappa shape index (κ1) is 30.1. The monoisotopic (exact) mass is 625 g/mol. The van der Waals surface area contributed by atoms with E-state index in [4.69, 9.17) is 10.5 Å². The van der Waals surface area contributed by atoms with Gasteiger partial charge in [0.05, 0.1) is 30.4 Å². The van der Waals surface area contributed by atoms with E-state index < -0.39 is 12.2 Å². The molecule has 6 rings (SSSR count). The lowest BCUT2D eigenvalue weighted by Crippen LogP contribution is -2.65. The molecule has 0 bridgehead atoms.